The molecule has 0 bridgehead atoms. The van der Waals surface area contributed by atoms with Gasteiger partial charge >= 0.3 is 0 Å². The van der Waals surface area contributed by atoms with Crippen molar-refractivity contribution in [3.8, 4) is 5.75 Å². The van der Waals surface area contributed by atoms with Crippen molar-refractivity contribution in [3.63, 3.8) is 0 Å². The van der Waals surface area contributed by atoms with Crippen LogP contribution in [0.15, 0.2) is 36.4 Å². The Kier molecular flexibility index (Phi) is 5.01. The van der Waals surface area contributed by atoms with E-state index in [2.05, 4.69) is 26.0 Å². The molecular formula is C19H23NO2S. The van der Waals surface area contributed by atoms with E-state index in [0.717, 1.165) is 37.1 Å². The first-order valence-electron chi connectivity index (χ1n) is 8.25. The number of benzene rings is 1. The standard InChI is InChI=1S/C19H23NO2S/c1-3-15-7-4-5-9-17(15)22-13-19(21)20-12-6-8-16(20)18-11-10-14(2)23-18/h4-5,7,9-11,16H,3,6,8,12-13H2,1-2H3. The summed E-state index contributed by atoms with van der Waals surface area (Å²) in [5, 5.41) is 0. The Labute approximate surface area is 141 Å². The van der Waals surface area contributed by atoms with Gasteiger partial charge < -0.3 is 9.64 Å². The van der Waals surface area contributed by atoms with E-state index in [1.807, 2.05) is 29.2 Å². The van der Waals surface area contributed by atoms with Gasteiger partial charge in [-0.3, -0.25) is 4.79 Å². The maximum atomic E-state index is 12.6. The Balaban J connectivity index is 1.65. The highest BCUT2D eigenvalue weighted by Crippen LogP contribution is 2.35. The highest BCUT2D eigenvalue weighted by Gasteiger charge is 2.31. The summed E-state index contributed by atoms with van der Waals surface area (Å²) in [5.74, 6) is 0.913. The average molecular weight is 329 g/mol. The number of hydrogen-bond acceptors (Lipinski definition) is 3. The van der Waals surface area contributed by atoms with Gasteiger partial charge in [0.05, 0.1) is 6.04 Å². The summed E-state index contributed by atoms with van der Waals surface area (Å²) in [6.07, 6.45) is 3.03. The van der Waals surface area contributed by atoms with E-state index in [0.29, 0.717) is 0 Å². The summed E-state index contributed by atoms with van der Waals surface area (Å²) in [6, 6.07) is 12.5. The lowest BCUT2D eigenvalue weighted by atomic mass is 10.1. The molecule has 3 nitrogen and oxygen atoms in total. The zero-order valence-corrected chi connectivity index (χ0v) is 14.6. The molecule has 1 aliphatic heterocycles. The van der Waals surface area contributed by atoms with Crippen molar-refractivity contribution < 1.29 is 9.53 Å². The van der Waals surface area contributed by atoms with Crippen LogP contribution >= 0.6 is 11.3 Å². The minimum Gasteiger partial charge on any atom is -0.483 e. The van der Waals surface area contributed by atoms with Crippen LogP contribution in [0, 0.1) is 6.92 Å². The first kappa shape index (κ1) is 16.1. The molecular weight excluding hydrogens is 306 g/mol. The third-order valence-corrected chi connectivity index (χ3v) is 5.47. The summed E-state index contributed by atoms with van der Waals surface area (Å²) in [5.41, 5.74) is 1.15. The minimum atomic E-state index is 0.0875. The fourth-order valence-electron chi connectivity index (χ4n) is 3.15. The lowest BCUT2D eigenvalue weighted by molar-refractivity contribution is -0.134. The Morgan fingerprint density at radius 1 is 1.30 bits per heavy atom. The Morgan fingerprint density at radius 3 is 2.87 bits per heavy atom. The third-order valence-electron chi connectivity index (χ3n) is 4.37. The quantitative estimate of drug-likeness (QED) is 0.815. The molecule has 4 heteroatoms. The molecule has 0 spiro atoms. The molecule has 2 heterocycles. The SMILES string of the molecule is CCc1ccccc1OCC(=O)N1CCCC1c1ccc(C)s1. The molecule has 1 amide bonds. The van der Waals surface area contributed by atoms with Crippen LogP contribution in [0.4, 0.5) is 0 Å². The fraction of sp³-hybridized carbons (Fsp3) is 0.421. The van der Waals surface area contributed by atoms with Crippen LogP contribution < -0.4 is 4.74 Å². The molecule has 1 aliphatic rings. The first-order chi connectivity index (χ1) is 11.2. The van der Waals surface area contributed by atoms with Gasteiger partial charge in [0, 0.05) is 16.3 Å². The molecule has 3 rings (SSSR count). The summed E-state index contributed by atoms with van der Waals surface area (Å²) in [6.45, 7) is 5.16. The number of para-hydroxylation sites is 1. The second kappa shape index (κ2) is 7.18. The van der Waals surface area contributed by atoms with Gasteiger partial charge in [0.1, 0.15) is 5.75 Å². The average Bonchev–Trinajstić information content (AvgIpc) is 3.21. The largest absolute Gasteiger partial charge is 0.483 e. The molecule has 1 saturated heterocycles. The Hall–Kier alpha value is -1.81. The molecule has 23 heavy (non-hydrogen) atoms. The van der Waals surface area contributed by atoms with Crippen molar-refractivity contribution in [3.05, 3.63) is 51.7 Å². The van der Waals surface area contributed by atoms with Crippen LogP contribution in [0.25, 0.3) is 0 Å². The van der Waals surface area contributed by atoms with Crippen LogP contribution in [0.2, 0.25) is 0 Å². The number of likely N-dealkylation sites (tertiary alicyclic amines) is 1. The van der Waals surface area contributed by atoms with Crippen LogP contribution in [0.1, 0.15) is 41.1 Å². The van der Waals surface area contributed by atoms with Gasteiger partial charge in [0.2, 0.25) is 0 Å². The van der Waals surface area contributed by atoms with Crippen molar-refractivity contribution >= 4 is 17.2 Å². The van der Waals surface area contributed by atoms with Crippen LogP contribution in [0.5, 0.6) is 5.75 Å². The van der Waals surface area contributed by atoms with E-state index in [9.17, 15) is 4.79 Å². The minimum absolute atomic E-state index is 0.0875. The van der Waals surface area contributed by atoms with Crippen molar-refractivity contribution in [1.29, 1.82) is 0 Å². The second-order valence-corrected chi connectivity index (χ2v) is 7.26. The topological polar surface area (TPSA) is 29.5 Å². The third kappa shape index (κ3) is 3.58. The first-order valence-corrected chi connectivity index (χ1v) is 9.07. The van der Waals surface area contributed by atoms with E-state index in [1.54, 1.807) is 11.3 Å². The highest BCUT2D eigenvalue weighted by atomic mass is 32.1. The van der Waals surface area contributed by atoms with Gasteiger partial charge in [-0.25, -0.2) is 0 Å². The number of ether oxygens (including phenoxy) is 1. The summed E-state index contributed by atoms with van der Waals surface area (Å²) < 4.78 is 5.80. The molecule has 1 fully saturated rings. The van der Waals surface area contributed by atoms with E-state index < -0.39 is 0 Å². The van der Waals surface area contributed by atoms with Gasteiger partial charge in [0.25, 0.3) is 5.91 Å². The van der Waals surface area contributed by atoms with Gasteiger partial charge in [-0.05, 0) is 49.9 Å². The van der Waals surface area contributed by atoms with Gasteiger partial charge in [-0.1, -0.05) is 25.1 Å². The molecule has 0 radical (unpaired) electrons. The highest BCUT2D eigenvalue weighted by molar-refractivity contribution is 7.12. The summed E-state index contributed by atoms with van der Waals surface area (Å²) >= 11 is 1.79. The molecule has 0 aliphatic carbocycles. The summed E-state index contributed by atoms with van der Waals surface area (Å²) in [7, 11) is 0. The van der Waals surface area contributed by atoms with Crippen LogP contribution in [-0.2, 0) is 11.2 Å². The molecule has 122 valence electrons. The maximum Gasteiger partial charge on any atom is 0.261 e. The lowest BCUT2D eigenvalue weighted by Gasteiger charge is -2.24. The van der Waals surface area contributed by atoms with Crippen molar-refractivity contribution in [1.82, 2.24) is 4.90 Å². The molecule has 0 saturated carbocycles. The number of carbonyl (C=O) groups is 1. The Morgan fingerprint density at radius 2 is 2.13 bits per heavy atom. The molecule has 1 unspecified atom stereocenters. The van der Waals surface area contributed by atoms with Crippen LogP contribution in [0.3, 0.4) is 0 Å². The van der Waals surface area contributed by atoms with E-state index in [-0.39, 0.29) is 18.6 Å². The molecule has 1 aromatic carbocycles. The Bertz CT molecular complexity index is 680. The van der Waals surface area contributed by atoms with E-state index in [4.69, 9.17) is 4.74 Å². The van der Waals surface area contributed by atoms with Gasteiger partial charge in [-0.2, -0.15) is 0 Å². The zero-order valence-electron chi connectivity index (χ0n) is 13.7. The van der Waals surface area contributed by atoms with E-state index in [1.165, 1.54) is 9.75 Å². The smallest absolute Gasteiger partial charge is 0.261 e. The number of carbonyl (C=O) groups excluding carboxylic acids is 1. The predicted molar refractivity (Wildman–Crippen MR) is 94.1 cm³/mol. The predicted octanol–water partition coefficient (Wildman–Crippen LogP) is 4.36. The number of thiophene rings is 1. The number of rotatable bonds is 5. The molecule has 2 aromatic rings. The number of hydrogen-bond donors (Lipinski definition) is 0. The van der Waals surface area contributed by atoms with Gasteiger partial charge in [-0.15, -0.1) is 11.3 Å². The van der Waals surface area contributed by atoms with Crippen LogP contribution in [-0.4, -0.2) is 24.0 Å². The van der Waals surface area contributed by atoms with Gasteiger partial charge in [0.15, 0.2) is 6.61 Å². The zero-order chi connectivity index (χ0) is 16.2. The summed E-state index contributed by atoms with van der Waals surface area (Å²) in [4.78, 5) is 17.2. The number of aryl methyl sites for hydroxylation is 2. The maximum absolute atomic E-state index is 12.6. The molecule has 1 aromatic heterocycles. The molecule has 1 atom stereocenters. The second-order valence-electron chi connectivity index (χ2n) is 5.94. The number of amides is 1. The normalized spacial score (nSPS) is 17.5. The van der Waals surface area contributed by atoms with E-state index >= 15 is 0 Å². The fourth-order valence-corrected chi connectivity index (χ4v) is 4.18. The van der Waals surface area contributed by atoms with Crippen molar-refractivity contribution in [2.75, 3.05) is 13.2 Å². The lowest BCUT2D eigenvalue weighted by Crippen LogP contribution is -2.34. The number of nitrogens with zero attached hydrogens (tertiary/aromatic N) is 1. The van der Waals surface area contributed by atoms with Crippen molar-refractivity contribution in [2.24, 2.45) is 0 Å². The molecule has 0 N–H and O–H groups in total. The monoisotopic (exact) mass is 329 g/mol. The van der Waals surface area contributed by atoms with Crippen molar-refractivity contribution in [2.45, 2.75) is 39.2 Å².